The number of hydrogen-bond acceptors (Lipinski definition) is 5. The molecule has 1 aromatic carbocycles. The molecule has 0 heterocycles. The van der Waals surface area contributed by atoms with Crippen molar-refractivity contribution in [3.8, 4) is 0 Å². The van der Waals surface area contributed by atoms with E-state index in [0.717, 1.165) is 0 Å². The Hall–Kier alpha value is -1.93. The predicted molar refractivity (Wildman–Crippen MR) is 65.3 cm³/mol. The molecule has 0 saturated carbocycles. The van der Waals surface area contributed by atoms with Crippen molar-refractivity contribution in [3.63, 3.8) is 0 Å². The molecule has 104 valence electrons. The molecular formula is C11H13N2O5S-. The van der Waals surface area contributed by atoms with Crippen LogP contribution in [0.3, 0.4) is 0 Å². The third-order valence-electron chi connectivity index (χ3n) is 2.25. The van der Waals surface area contributed by atoms with Crippen LogP contribution in [0.15, 0.2) is 29.2 Å². The summed E-state index contributed by atoms with van der Waals surface area (Å²) in [5.74, 6) is -1.56. The van der Waals surface area contributed by atoms with Gasteiger partial charge in [-0.1, -0.05) is 0 Å². The van der Waals surface area contributed by atoms with Crippen LogP contribution in [0.1, 0.15) is 19.3 Å². The van der Waals surface area contributed by atoms with Gasteiger partial charge < -0.3 is 15.2 Å². The van der Waals surface area contributed by atoms with Gasteiger partial charge in [-0.2, -0.15) is 0 Å². The van der Waals surface area contributed by atoms with E-state index in [9.17, 15) is 23.1 Å². The number of benzene rings is 1. The molecule has 0 radical (unpaired) electrons. The van der Waals surface area contributed by atoms with Crippen LogP contribution < -0.4 is 15.6 Å². The predicted octanol–water partition coefficient (Wildman–Crippen LogP) is -0.807. The average Bonchev–Trinajstić information content (AvgIpc) is 2.27. The first-order valence-corrected chi connectivity index (χ1v) is 6.96. The highest BCUT2D eigenvalue weighted by molar-refractivity contribution is 7.89. The minimum Gasteiger partial charge on any atom is -0.550 e. The quantitative estimate of drug-likeness (QED) is 0.706. The molecule has 0 spiro atoms. The summed E-state index contributed by atoms with van der Waals surface area (Å²) < 4.78 is 22.0. The summed E-state index contributed by atoms with van der Waals surface area (Å²) in [6.45, 7) is 0. The van der Waals surface area contributed by atoms with Crippen LogP contribution in [0.4, 0.5) is 5.69 Å². The van der Waals surface area contributed by atoms with Crippen molar-refractivity contribution in [2.45, 2.75) is 24.2 Å². The average molecular weight is 285 g/mol. The van der Waals surface area contributed by atoms with E-state index in [4.69, 9.17) is 5.14 Å². The largest absolute Gasteiger partial charge is 0.550 e. The van der Waals surface area contributed by atoms with Crippen LogP contribution in [0.25, 0.3) is 0 Å². The van der Waals surface area contributed by atoms with E-state index < -0.39 is 16.0 Å². The van der Waals surface area contributed by atoms with Crippen LogP contribution in [-0.2, 0) is 19.6 Å². The van der Waals surface area contributed by atoms with Gasteiger partial charge in [0, 0.05) is 18.1 Å². The van der Waals surface area contributed by atoms with E-state index in [1.165, 1.54) is 24.3 Å². The molecule has 0 unspecified atom stereocenters. The molecule has 0 aliphatic heterocycles. The number of primary sulfonamides is 1. The lowest BCUT2D eigenvalue weighted by atomic mass is 10.2. The maximum Gasteiger partial charge on any atom is 0.238 e. The lowest BCUT2D eigenvalue weighted by molar-refractivity contribution is -0.305. The first kappa shape index (κ1) is 15.1. The van der Waals surface area contributed by atoms with Gasteiger partial charge in [0.15, 0.2) is 0 Å². The Bertz CT molecular complexity index is 565. The van der Waals surface area contributed by atoms with E-state index in [0.29, 0.717) is 5.69 Å². The van der Waals surface area contributed by atoms with Gasteiger partial charge in [-0.05, 0) is 37.1 Å². The van der Waals surface area contributed by atoms with Crippen molar-refractivity contribution in [2.24, 2.45) is 5.14 Å². The second kappa shape index (κ2) is 6.30. The standard InChI is InChI=1S/C11H14N2O5S/c12-19(17,18)9-6-4-8(5-7-9)13-10(14)2-1-3-11(15)16/h4-7H,1-3H2,(H,13,14)(H,15,16)(H2,12,17,18)/p-1. The molecule has 1 aromatic rings. The number of aliphatic carboxylic acids is 1. The molecule has 3 N–H and O–H groups in total. The minimum atomic E-state index is -3.76. The molecule has 0 bridgehead atoms. The molecule has 0 aliphatic carbocycles. The number of carbonyl (C=O) groups excluding carboxylic acids is 2. The third kappa shape index (κ3) is 5.49. The third-order valence-corrected chi connectivity index (χ3v) is 3.18. The van der Waals surface area contributed by atoms with Crippen LogP contribution in [-0.4, -0.2) is 20.3 Å². The SMILES string of the molecule is NS(=O)(=O)c1ccc(NC(=O)CCCC(=O)[O-])cc1. The molecule has 8 heteroatoms. The molecular weight excluding hydrogens is 272 g/mol. The van der Waals surface area contributed by atoms with Crippen molar-refractivity contribution in [1.29, 1.82) is 0 Å². The zero-order valence-electron chi connectivity index (χ0n) is 9.96. The molecule has 1 amide bonds. The zero-order valence-corrected chi connectivity index (χ0v) is 10.8. The minimum absolute atomic E-state index is 0.0465. The van der Waals surface area contributed by atoms with E-state index >= 15 is 0 Å². The van der Waals surface area contributed by atoms with Gasteiger partial charge in [0.05, 0.1) is 4.90 Å². The molecule has 19 heavy (non-hydrogen) atoms. The Morgan fingerprint density at radius 2 is 1.74 bits per heavy atom. The number of rotatable bonds is 6. The maximum atomic E-state index is 11.4. The second-order valence-corrected chi connectivity index (χ2v) is 5.40. The normalized spacial score (nSPS) is 11.0. The van der Waals surface area contributed by atoms with Crippen LogP contribution in [0.2, 0.25) is 0 Å². The smallest absolute Gasteiger partial charge is 0.238 e. The fourth-order valence-electron chi connectivity index (χ4n) is 1.34. The fraction of sp³-hybridized carbons (Fsp3) is 0.273. The molecule has 0 aliphatic rings. The molecule has 0 aromatic heterocycles. The highest BCUT2D eigenvalue weighted by atomic mass is 32.2. The number of sulfonamides is 1. The second-order valence-electron chi connectivity index (χ2n) is 3.84. The lowest BCUT2D eigenvalue weighted by Crippen LogP contribution is -2.22. The number of carbonyl (C=O) groups is 2. The molecule has 7 nitrogen and oxygen atoms in total. The van der Waals surface area contributed by atoms with Crippen LogP contribution in [0.5, 0.6) is 0 Å². The number of carboxylic acid groups (broad SMARTS) is 1. The number of nitrogens with two attached hydrogens (primary N) is 1. The van der Waals surface area contributed by atoms with E-state index in [2.05, 4.69) is 5.32 Å². The highest BCUT2D eigenvalue weighted by Crippen LogP contribution is 2.13. The lowest BCUT2D eigenvalue weighted by Gasteiger charge is -2.06. The van der Waals surface area contributed by atoms with Gasteiger partial charge in [-0.25, -0.2) is 13.6 Å². The van der Waals surface area contributed by atoms with E-state index in [-0.39, 0.29) is 30.1 Å². The summed E-state index contributed by atoms with van der Waals surface area (Å²) in [6, 6.07) is 5.34. The Balaban J connectivity index is 2.54. The summed E-state index contributed by atoms with van der Waals surface area (Å²) >= 11 is 0. The monoisotopic (exact) mass is 285 g/mol. The van der Waals surface area contributed by atoms with Gasteiger partial charge in [0.2, 0.25) is 15.9 Å². The van der Waals surface area contributed by atoms with Gasteiger partial charge in [-0.3, -0.25) is 4.79 Å². The summed E-state index contributed by atoms with van der Waals surface area (Å²) in [7, 11) is -3.76. The van der Waals surface area contributed by atoms with Crippen molar-refractivity contribution < 1.29 is 23.1 Å². The van der Waals surface area contributed by atoms with Crippen molar-refractivity contribution in [3.05, 3.63) is 24.3 Å². The maximum absolute atomic E-state index is 11.4. The molecule has 0 fully saturated rings. The topological polar surface area (TPSA) is 129 Å². The highest BCUT2D eigenvalue weighted by Gasteiger charge is 2.07. The number of carboxylic acids is 1. The van der Waals surface area contributed by atoms with Gasteiger partial charge in [-0.15, -0.1) is 0 Å². The summed E-state index contributed by atoms with van der Waals surface area (Å²) in [5.41, 5.74) is 0.408. The fourth-order valence-corrected chi connectivity index (χ4v) is 1.86. The summed E-state index contributed by atoms with van der Waals surface area (Å²) in [5, 5.41) is 17.6. The first-order valence-electron chi connectivity index (χ1n) is 5.41. The molecule has 0 saturated heterocycles. The molecule has 0 atom stereocenters. The number of hydrogen-bond donors (Lipinski definition) is 2. The van der Waals surface area contributed by atoms with Crippen molar-refractivity contribution in [1.82, 2.24) is 0 Å². The van der Waals surface area contributed by atoms with Gasteiger partial charge >= 0.3 is 0 Å². The summed E-state index contributed by atoms with van der Waals surface area (Å²) in [6.07, 6.45) is 0.0477. The number of amides is 1. The van der Waals surface area contributed by atoms with E-state index in [1.54, 1.807) is 0 Å². The Morgan fingerprint density at radius 3 is 2.21 bits per heavy atom. The van der Waals surface area contributed by atoms with Crippen LogP contribution in [0, 0.1) is 0 Å². The van der Waals surface area contributed by atoms with E-state index in [1.807, 2.05) is 0 Å². The number of nitrogens with one attached hydrogen (secondary N) is 1. The summed E-state index contributed by atoms with van der Waals surface area (Å²) in [4.78, 5) is 21.5. The van der Waals surface area contributed by atoms with Gasteiger partial charge in [0.25, 0.3) is 0 Å². The first-order chi connectivity index (χ1) is 8.79. The van der Waals surface area contributed by atoms with Crippen LogP contribution >= 0.6 is 0 Å². The molecule has 1 rings (SSSR count). The number of anilines is 1. The zero-order chi connectivity index (χ0) is 14.5. The van der Waals surface area contributed by atoms with Crippen molar-refractivity contribution >= 4 is 27.6 Å². The van der Waals surface area contributed by atoms with Crippen molar-refractivity contribution in [2.75, 3.05) is 5.32 Å². The van der Waals surface area contributed by atoms with Gasteiger partial charge in [0.1, 0.15) is 0 Å². The Kier molecular flexibility index (Phi) is 5.02. The Morgan fingerprint density at radius 1 is 1.16 bits per heavy atom. The Labute approximate surface area is 110 Å².